The lowest BCUT2D eigenvalue weighted by atomic mass is 10.1. The Morgan fingerprint density at radius 2 is 1.71 bits per heavy atom. The van der Waals surface area contributed by atoms with E-state index in [-0.39, 0.29) is 11.0 Å². The number of benzene rings is 1. The second kappa shape index (κ2) is 6.44. The molecule has 0 saturated heterocycles. The molecule has 1 rings (SSSR count). The van der Waals surface area contributed by atoms with Gasteiger partial charge in [0.2, 0.25) is 0 Å². The quantitative estimate of drug-likeness (QED) is 0.864. The molecule has 0 aliphatic heterocycles. The van der Waals surface area contributed by atoms with E-state index in [4.69, 9.17) is 9.47 Å². The highest BCUT2D eigenvalue weighted by Crippen LogP contribution is 2.17. The van der Waals surface area contributed by atoms with Crippen molar-refractivity contribution in [2.75, 3.05) is 7.11 Å². The number of sulfonamides is 1. The number of ether oxygens (including phenoxy) is 2. The van der Waals surface area contributed by atoms with E-state index in [0.29, 0.717) is 5.75 Å². The molecular formula is C14H21NO5S. The lowest BCUT2D eigenvalue weighted by Gasteiger charge is -2.26. The van der Waals surface area contributed by atoms with Gasteiger partial charge in [-0.05, 0) is 52.0 Å². The van der Waals surface area contributed by atoms with Crippen molar-refractivity contribution < 1.29 is 22.7 Å². The highest BCUT2D eigenvalue weighted by molar-refractivity contribution is 7.90. The molecule has 0 radical (unpaired) electrons. The first-order valence-electron chi connectivity index (χ1n) is 6.47. The van der Waals surface area contributed by atoms with Crippen molar-refractivity contribution in [3.8, 4) is 5.75 Å². The predicted molar refractivity (Wildman–Crippen MR) is 78.6 cm³/mol. The van der Waals surface area contributed by atoms with Crippen LogP contribution in [0.4, 0.5) is 0 Å². The molecular weight excluding hydrogens is 294 g/mol. The number of hydrogen-bond donors (Lipinski definition) is 1. The number of methoxy groups -OCH3 is 1. The Bertz CT molecular complexity index is 590. The SMILES string of the molecule is COc1ccc(S(=O)(=O)NC(=O)C(C)(C)OC(C)C)cc1. The Kier molecular flexibility index (Phi) is 5.36. The van der Waals surface area contributed by atoms with Gasteiger partial charge < -0.3 is 9.47 Å². The summed E-state index contributed by atoms with van der Waals surface area (Å²) in [6.45, 7) is 6.58. The van der Waals surface area contributed by atoms with E-state index >= 15 is 0 Å². The molecule has 0 unspecified atom stereocenters. The van der Waals surface area contributed by atoms with Crippen LogP contribution in [0.15, 0.2) is 29.2 Å². The van der Waals surface area contributed by atoms with Crippen LogP contribution in [-0.4, -0.2) is 33.1 Å². The molecule has 0 heterocycles. The summed E-state index contributed by atoms with van der Waals surface area (Å²) in [7, 11) is -2.46. The van der Waals surface area contributed by atoms with Gasteiger partial charge in [0.15, 0.2) is 0 Å². The van der Waals surface area contributed by atoms with Crippen LogP contribution in [0, 0.1) is 0 Å². The van der Waals surface area contributed by atoms with E-state index in [2.05, 4.69) is 0 Å². The number of carbonyl (C=O) groups excluding carboxylic acids is 1. The Morgan fingerprint density at radius 3 is 2.14 bits per heavy atom. The van der Waals surface area contributed by atoms with E-state index in [9.17, 15) is 13.2 Å². The third-order valence-electron chi connectivity index (χ3n) is 2.67. The largest absolute Gasteiger partial charge is 0.497 e. The molecule has 1 aromatic carbocycles. The van der Waals surface area contributed by atoms with Crippen molar-refractivity contribution in [2.24, 2.45) is 0 Å². The standard InChI is InChI=1S/C14H21NO5S/c1-10(2)20-14(3,4)13(16)15-21(17,18)12-8-6-11(19-5)7-9-12/h6-10H,1-5H3,(H,15,16). The van der Waals surface area contributed by atoms with Gasteiger partial charge in [0.1, 0.15) is 11.4 Å². The van der Waals surface area contributed by atoms with Crippen LogP contribution in [0.2, 0.25) is 0 Å². The second-order valence-corrected chi connectivity index (χ2v) is 6.97. The molecule has 0 aliphatic carbocycles. The molecule has 118 valence electrons. The average Bonchev–Trinajstić information content (AvgIpc) is 2.36. The molecule has 21 heavy (non-hydrogen) atoms. The minimum Gasteiger partial charge on any atom is -0.497 e. The molecule has 1 amide bonds. The zero-order chi connectivity index (χ0) is 16.3. The minimum atomic E-state index is -3.94. The Morgan fingerprint density at radius 1 is 1.19 bits per heavy atom. The molecule has 7 heteroatoms. The van der Waals surface area contributed by atoms with Gasteiger partial charge in [0, 0.05) is 0 Å². The Balaban J connectivity index is 2.91. The summed E-state index contributed by atoms with van der Waals surface area (Å²) in [4.78, 5) is 12.1. The highest BCUT2D eigenvalue weighted by atomic mass is 32.2. The molecule has 0 atom stereocenters. The number of rotatable bonds is 6. The van der Waals surface area contributed by atoms with Crippen LogP contribution >= 0.6 is 0 Å². The monoisotopic (exact) mass is 315 g/mol. The van der Waals surface area contributed by atoms with Crippen LogP contribution in [0.3, 0.4) is 0 Å². The molecule has 0 saturated carbocycles. The highest BCUT2D eigenvalue weighted by Gasteiger charge is 2.33. The summed E-state index contributed by atoms with van der Waals surface area (Å²) >= 11 is 0. The van der Waals surface area contributed by atoms with Crippen molar-refractivity contribution >= 4 is 15.9 Å². The first kappa shape index (κ1) is 17.5. The summed E-state index contributed by atoms with van der Waals surface area (Å²) in [5.41, 5.74) is -1.24. The van der Waals surface area contributed by atoms with Crippen molar-refractivity contribution in [1.29, 1.82) is 0 Å². The maximum atomic E-state index is 12.1. The van der Waals surface area contributed by atoms with Gasteiger partial charge in [-0.3, -0.25) is 4.79 Å². The number of carbonyl (C=O) groups is 1. The summed E-state index contributed by atoms with van der Waals surface area (Å²) in [5, 5.41) is 0. The molecule has 0 fully saturated rings. The maximum Gasteiger partial charge on any atom is 0.265 e. The van der Waals surface area contributed by atoms with Gasteiger partial charge in [-0.15, -0.1) is 0 Å². The van der Waals surface area contributed by atoms with Gasteiger partial charge in [0.25, 0.3) is 15.9 Å². The van der Waals surface area contributed by atoms with Crippen LogP contribution in [0.5, 0.6) is 5.75 Å². The Labute approximate surface area is 125 Å². The van der Waals surface area contributed by atoms with Crippen LogP contribution in [0.1, 0.15) is 27.7 Å². The van der Waals surface area contributed by atoms with Crippen LogP contribution < -0.4 is 9.46 Å². The normalized spacial score (nSPS) is 12.3. The van der Waals surface area contributed by atoms with Crippen molar-refractivity contribution in [1.82, 2.24) is 4.72 Å². The molecule has 0 bridgehead atoms. The third-order valence-corrected chi connectivity index (χ3v) is 4.02. The fourth-order valence-electron chi connectivity index (χ4n) is 1.70. The summed E-state index contributed by atoms with van der Waals surface area (Å²) < 4.78 is 36.7. The number of amides is 1. The van der Waals surface area contributed by atoms with E-state index in [0.717, 1.165) is 0 Å². The average molecular weight is 315 g/mol. The first-order chi connectivity index (χ1) is 9.58. The molecule has 6 nitrogen and oxygen atoms in total. The minimum absolute atomic E-state index is 0.0167. The van der Waals surface area contributed by atoms with Gasteiger partial charge >= 0.3 is 0 Å². The van der Waals surface area contributed by atoms with Gasteiger partial charge in [-0.25, -0.2) is 13.1 Å². The summed E-state index contributed by atoms with van der Waals surface area (Å²) in [5.74, 6) is -0.184. The van der Waals surface area contributed by atoms with E-state index in [1.165, 1.54) is 45.2 Å². The Hall–Kier alpha value is -1.60. The summed E-state index contributed by atoms with van der Waals surface area (Å²) in [6.07, 6.45) is -0.200. The molecule has 0 aliphatic rings. The maximum absolute atomic E-state index is 12.1. The summed E-state index contributed by atoms with van der Waals surface area (Å²) in [6, 6.07) is 5.75. The van der Waals surface area contributed by atoms with Gasteiger partial charge in [0.05, 0.1) is 18.1 Å². The number of hydrogen-bond acceptors (Lipinski definition) is 5. The first-order valence-corrected chi connectivity index (χ1v) is 7.96. The predicted octanol–water partition coefficient (Wildman–Crippen LogP) is 1.70. The third kappa shape index (κ3) is 4.71. The second-order valence-electron chi connectivity index (χ2n) is 5.29. The van der Waals surface area contributed by atoms with E-state index in [1.54, 1.807) is 13.8 Å². The lowest BCUT2D eigenvalue weighted by Crippen LogP contribution is -2.47. The van der Waals surface area contributed by atoms with Gasteiger partial charge in [-0.1, -0.05) is 0 Å². The van der Waals surface area contributed by atoms with Crippen molar-refractivity contribution in [3.63, 3.8) is 0 Å². The smallest absolute Gasteiger partial charge is 0.265 e. The topological polar surface area (TPSA) is 81.7 Å². The zero-order valence-electron chi connectivity index (χ0n) is 12.8. The van der Waals surface area contributed by atoms with Crippen molar-refractivity contribution in [2.45, 2.75) is 44.3 Å². The molecule has 1 N–H and O–H groups in total. The van der Waals surface area contributed by atoms with Gasteiger partial charge in [-0.2, -0.15) is 0 Å². The fraction of sp³-hybridized carbons (Fsp3) is 0.500. The molecule has 0 spiro atoms. The lowest BCUT2D eigenvalue weighted by molar-refractivity contribution is -0.145. The van der Waals surface area contributed by atoms with Crippen LogP contribution in [0.25, 0.3) is 0 Å². The number of nitrogens with one attached hydrogen (secondary N) is 1. The zero-order valence-corrected chi connectivity index (χ0v) is 13.7. The van der Waals surface area contributed by atoms with E-state index < -0.39 is 21.5 Å². The van der Waals surface area contributed by atoms with E-state index in [1.807, 2.05) is 4.72 Å². The molecule has 0 aromatic heterocycles. The van der Waals surface area contributed by atoms with Crippen LogP contribution in [-0.2, 0) is 19.6 Å². The van der Waals surface area contributed by atoms with Crippen molar-refractivity contribution in [3.05, 3.63) is 24.3 Å². The fourth-order valence-corrected chi connectivity index (χ4v) is 2.80. The molecule has 1 aromatic rings.